The number of allylic oxidation sites excluding steroid dienone is 1. The molecule has 0 amide bonds. The van der Waals surface area contributed by atoms with E-state index in [4.69, 9.17) is 0 Å². The lowest BCUT2D eigenvalue weighted by molar-refractivity contribution is 1.29. The van der Waals surface area contributed by atoms with Gasteiger partial charge < -0.3 is 0 Å². The third-order valence-electron chi connectivity index (χ3n) is 2.59. The molecule has 1 heteroatoms. The van der Waals surface area contributed by atoms with Gasteiger partial charge in [0.15, 0.2) is 0 Å². The van der Waals surface area contributed by atoms with E-state index in [2.05, 4.69) is 43.1 Å². The molecule has 0 saturated heterocycles. The van der Waals surface area contributed by atoms with Crippen molar-refractivity contribution in [3.8, 4) is 0 Å². The van der Waals surface area contributed by atoms with E-state index in [9.17, 15) is 0 Å². The van der Waals surface area contributed by atoms with Gasteiger partial charge in [0.05, 0.1) is 6.54 Å². The summed E-state index contributed by atoms with van der Waals surface area (Å²) in [5, 5.41) is 0. The van der Waals surface area contributed by atoms with Crippen molar-refractivity contribution >= 4 is 11.3 Å². The molecule has 66 valence electrons. The first-order chi connectivity index (χ1) is 6.29. The maximum Gasteiger partial charge on any atom is 0.0652 e. The summed E-state index contributed by atoms with van der Waals surface area (Å²) < 4.78 is 0. The van der Waals surface area contributed by atoms with Gasteiger partial charge in [-0.3, -0.25) is 4.99 Å². The van der Waals surface area contributed by atoms with Gasteiger partial charge >= 0.3 is 0 Å². The van der Waals surface area contributed by atoms with Crippen LogP contribution in [0.2, 0.25) is 0 Å². The van der Waals surface area contributed by atoms with Crippen molar-refractivity contribution < 1.29 is 0 Å². The van der Waals surface area contributed by atoms with Gasteiger partial charge in [-0.15, -0.1) is 0 Å². The Labute approximate surface area is 78.8 Å². The van der Waals surface area contributed by atoms with Crippen molar-refractivity contribution in [1.82, 2.24) is 0 Å². The molecule has 13 heavy (non-hydrogen) atoms. The molecule has 1 heterocycles. The summed E-state index contributed by atoms with van der Waals surface area (Å²) in [4.78, 5) is 4.42. The molecule has 1 nitrogen and oxygen atoms in total. The summed E-state index contributed by atoms with van der Waals surface area (Å²) >= 11 is 0. The lowest BCUT2D eigenvalue weighted by atomic mass is 10.0. The molecular weight excluding hydrogens is 158 g/mol. The standard InChI is InChI=1S/C12H13N/c1-9-10(2)13-8-12(9)11-6-4-3-5-7-11/h3-7H,8H2,1-2H3. The summed E-state index contributed by atoms with van der Waals surface area (Å²) in [6.07, 6.45) is 0. The topological polar surface area (TPSA) is 12.4 Å². The van der Waals surface area contributed by atoms with E-state index < -0.39 is 0 Å². The average molecular weight is 171 g/mol. The predicted octanol–water partition coefficient (Wildman–Crippen LogP) is 2.93. The predicted molar refractivity (Wildman–Crippen MR) is 57.0 cm³/mol. The van der Waals surface area contributed by atoms with Crippen LogP contribution in [0.3, 0.4) is 0 Å². The fraction of sp³-hybridized carbons (Fsp3) is 0.250. The molecule has 0 aromatic heterocycles. The number of benzene rings is 1. The highest BCUT2D eigenvalue weighted by Crippen LogP contribution is 2.24. The highest BCUT2D eigenvalue weighted by molar-refractivity contribution is 6.07. The summed E-state index contributed by atoms with van der Waals surface area (Å²) in [6, 6.07) is 10.5. The summed E-state index contributed by atoms with van der Waals surface area (Å²) in [5.74, 6) is 0. The molecule has 2 rings (SSSR count). The first kappa shape index (κ1) is 8.24. The Bertz CT molecular complexity index is 371. The molecular formula is C12H13N. The molecule has 0 spiro atoms. The third kappa shape index (κ3) is 1.42. The Kier molecular flexibility index (Phi) is 2.01. The molecule has 0 aliphatic carbocycles. The molecule has 0 radical (unpaired) electrons. The van der Waals surface area contributed by atoms with Crippen LogP contribution in [0.5, 0.6) is 0 Å². The van der Waals surface area contributed by atoms with Crippen molar-refractivity contribution in [2.24, 2.45) is 4.99 Å². The van der Waals surface area contributed by atoms with Gasteiger partial charge in [0.2, 0.25) is 0 Å². The third-order valence-corrected chi connectivity index (χ3v) is 2.59. The lowest BCUT2D eigenvalue weighted by Gasteiger charge is -2.02. The van der Waals surface area contributed by atoms with Crippen LogP contribution < -0.4 is 0 Å². The number of hydrogen-bond donors (Lipinski definition) is 0. The van der Waals surface area contributed by atoms with E-state index >= 15 is 0 Å². The van der Waals surface area contributed by atoms with Gasteiger partial charge in [0, 0.05) is 5.71 Å². The van der Waals surface area contributed by atoms with E-state index in [1.807, 2.05) is 6.07 Å². The van der Waals surface area contributed by atoms with Crippen molar-refractivity contribution in [3.05, 3.63) is 41.5 Å². The minimum absolute atomic E-state index is 0.849. The lowest BCUT2D eigenvalue weighted by Crippen LogP contribution is -1.90. The normalized spacial score (nSPS) is 16.3. The second-order valence-corrected chi connectivity index (χ2v) is 3.37. The number of rotatable bonds is 1. The van der Waals surface area contributed by atoms with Gasteiger partial charge in [-0.25, -0.2) is 0 Å². The minimum Gasteiger partial charge on any atom is -0.285 e. The molecule has 0 saturated carbocycles. The van der Waals surface area contributed by atoms with Crippen LogP contribution >= 0.6 is 0 Å². The quantitative estimate of drug-likeness (QED) is 0.616. The van der Waals surface area contributed by atoms with Crippen molar-refractivity contribution in [1.29, 1.82) is 0 Å². The first-order valence-corrected chi connectivity index (χ1v) is 4.55. The second-order valence-electron chi connectivity index (χ2n) is 3.37. The van der Waals surface area contributed by atoms with Crippen LogP contribution in [-0.2, 0) is 0 Å². The molecule has 0 atom stereocenters. The van der Waals surface area contributed by atoms with Crippen LogP contribution in [0.25, 0.3) is 5.57 Å². The monoisotopic (exact) mass is 171 g/mol. The fourth-order valence-electron chi connectivity index (χ4n) is 1.60. The van der Waals surface area contributed by atoms with Gasteiger partial charge in [-0.1, -0.05) is 30.3 Å². The Morgan fingerprint density at radius 1 is 1.08 bits per heavy atom. The Morgan fingerprint density at radius 2 is 1.77 bits per heavy atom. The smallest absolute Gasteiger partial charge is 0.0652 e. The zero-order valence-corrected chi connectivity index (χ0v) is 8.04. The van der Waals surface area contributed by atoms with Crippen LogP contribution in [-0.4, -0.2) is 12.3 Å². The maximum absolute atomic E-state index is 4.42. The molecule has 0 unspecified atom stereocenters. The molecule has 1 aliphatic heterocycles. The summed E-state index contributed by atoms with van der Waals surface area (Å²) in [6.45, 7) is 5.07. The SMILES string of the molecule is CC1=NCC(c2ccccc2)=C1C. The zero-order chi connectivity index (χ0) is 9.26. The zero-order valence-electron chi connectivity index (χ0n) is 8.04. The molecule has 1 aromatic rings. The van der Waals surface area contributed by atoms with Gasteiger partial charge in [-0.2, -0.15) is 0 Å². The van der Waals surface area contributed by atoms with Crippen LogP contribution in [0.1, 0.15) is 19.4 Å². The van der Waals surface area contributed by atoms with Gasteiger partial charge in [0.1, 0.15) is 0 Å². The number of hydrogen-bond acceptors (Lipinski definition) is 1. The molecule has 1 aromatic carbocycles. The Morgan fingerprint density at radius 3 is 2.31 bits per heavy atom. The first-order valence-electron chi connectivity index (χ1n) is 4.55. The van der Waals surface area contributed by atoms with E-state index in [1.54, 1.807) is 0 Å². The van der Waals surface area contributed by atoms with Gasteiger partial charge in [0.25, 0.3) is 0 Å². The highest BCUT2D eigenvalue weighted by Gasteiger charge is 2.12. The Hall–Kier alpha value is -1.37. The highest BCUT2D eigenvalue weighted by atomic mass is 14.8. The van der Waals surface area contributed by atoms with E-state index in [0.29, 0.717) is 0 Å². The largest absolute Gasteiger partial charge is 0.285 e. The van der Waals surface area contributed by atoms with Gasteiger partial charge in [-0.05, 0) is 30.6 Å². The van der Waals surface area contributed by atoms with E-state index in [1.165, 1.54) is 22.4 Å². The Balaban J connectivity index is 2.41. The number of aliphatic imine (C=N–C) groups is 1. The molecule has 1 aliphatic rings. The summed E-state index contributed by atoms with van der Waals surface area (Å²) in [7, 11) is 0. The molecule has 0 fully saturated rings. The van der Waals surface area contributed by atoms with Crippen molar-refractivity contribution in [2.45, 2.75) is 13.8 Å². The minimum atomic E-state index is 0.849. The maximum atomic E-state index is 4.42. The molecule has 0 bridgehead atoms. The van der Waals surface area contributed by atoms with E-state index in [-0.39, 0.29) is 0 Å². The van der Waals surface area contributed by atoms with Crippen LogP contribution in [0, 0.1) is 0 Å². The van der Waals surface area contributed by atoms with Crippen LogP contribution in [0.15, 0.2) is 40.9 Å². The number of nitrogens with zero attached hydrogens (tertiary/aromatic N) is 1. The van der Waals surface area contributed by atoms with Crippen LogP contribution in [0.4, 0.5) is 0 Å². The van der Waals surface area contributed by atoms with Crippen molar-refractivity contribution in [2.75, 3.05) is 6.54 Å². The second kappa shape index (κ2) is 3.17. The summed E-state index contributed by atoms with van der Waals surface area (Å²) in [5.41, 5.74) is 5.20. The van der Waals surface area contributed by atoms with E-state index in [0.717, 1.165) is 6.54 Å². The average Bonchev–Trinajstić information content (AvgIpc) is 2.49. The van der Waals surface area contributed by atoms with Crippen molar-refractivity contribution in [3.63, 3.8) is 0 Å². The molecule has 0 N–H and O–H groups in total. The fourth-order valence-corrected chi connectivity index (χ4v) is 1.60.